The van der Waals surface area contributed by atoms with Crippen LogP contribution in [0, 0.1) is 11.7 Å². The number of imidazole rings is 1. The lowest BCUT2D eigenvalue weighted by Gasteiger charge is -2.38. The lowest BCUT2D eigenvalue weighted by molar-refractivity contribution is -0.148. The summed E-state index contributed by atoms with van der Waals surface area (Å²) in [6.07, 6.45) is 6.54. The lowest BCUT2D eigenvalue weighted by Crippen LogP contribution is -2.56. The van der Waals surface area contributed by atoms with Crippen LogP contribution in [0.2, 0.25) is 10.0 Å². The molecule has 1 amide bonds. The van der Waals surface area contributed by atoms with Gasteiger partial charge in [0.15, 0.2) is 11.6 Å². The maximum absolute atomic E-state index is 16.2. The summed E-state index contributed by atoms with van der Waals surface area (Å²) >= 11 is 13.7. The Hall–Kier alpha value is -4.20. The maximum Gasteiger partial charge on any atom is 0.323 e. The third-order valence-electron chi connectivity index (χ3n) is 12.6. The van der Waals surface area contributed by atoms with Crippen molar-refractivity contribution >= 4 is 40.8 Å². The highest BCUT2D eigenvalue weighted by atomic mass is 35.5. The Morgan fingerprint density at radius 2 is 1.82 bits per heavy atom. The second-order valence-corrected chi connectivity index (χ2v) is 16.7. The second kappa shape index (κ2) is 16.2. The monoisotopic (exact) mass is 819 g/mol. The van der Waals surface area contributed by atoms with Gasteiger partial charge in [0.05, 0.1) is 29.6 Å². The van der Waals surface area contributed by atoms with Gasteiger partial charge in [-0.2, -0.15) is 0 Å². The summed E-state index contributed by atoms with van der Waals surface area (Å²) in [6, 6.07) is 13.1. The van der Waals surface area contributed by atoms with Gasteiger partial charge in [0.1, 0.15) is 28.2 Å². The van der Waals surface area contributed by atoms with Crippen molar-refractivity contribution in [3.8, 4) is 22.6 Å². The molecule has 11 nitrogen and oxygen atoms in total. The average Bonchev–Trinajstić information content (AvgIpc) is 3.73. The molecule has 2 fully saturated rings. The van der Waals surface area contributed by atoms with E-state index >= 15 is 4.39 Å². The Morgan fingerprint density at radius 1 is 1.05 bits per heavy atom. The van der Waals surface area contributed by atoms with Gasteiger partial charge in [0, 0.05) is 62.0 Å². The molecule has 4 aliphatic rings. The van der Waals surface area contributed by atoms with Crippen LogP contribution in [0.5, 0.6) is 11.5 Å². The van der Waals surface area contributed by atoms with E-state index in [4.69, 9.17) is 37.7 Å². The van der Waals surface area contributed by atoms with Crippen molar-refractivity contribution in [2.45, 2.75) is 95.5 Å². The first-order valence-corrected chi connectivity index (χ1v) is 20.6. The number of rotatable bonds is 14. The molecule has 0 saturated heterocycles. The van der Waals surface area contributed by atoms with Crippen LogP contribution in [-0.2, 0) is 37.8 Å². The zero-order valence-electron chi connectivity index (χ0n) is 32.2. The molecule has 4 aromatic rings. The number of aliphatic carboxylic acids is 1. The third kappa shape index (κ3) is 7.51. The summed E-state index contributed by atoms with van der Waals surface area (Å²) in [5.74, 6) is -0.864. The van der Waals surface area contributed by atoms with Crippen molar-refractivity contribution in [2.24, 2.45) is 13.0 Å². The summed E-state index contributed by atoms with van der Waals surface area (Å²) < 4.78 is 30.7. The van der Waals surface area contributed by atoms with Gasteiger partial charge < -0.3 is 29.6 Å². The molecule has 3 aliphatic carbocycles. The Labute approximate surface area is 341 Å². The van der Waals surface area contributed by atoms with Gasteiger partial charge in [-0.3, -0.25) is 19.8 Å². The molecule has 1 aliphatic heterocycles. The Bertz CT molecular complexity index is 2200. The van der Waals surface area contributed by atoms with Crippen LogP contribution in [0.25, 0.3) is 11.1 Å². The molecule has 3 aromatic carbocycles. The molecular formula is C43H48Cl2FN5O6. The zero-order chi connectivity index (χ0) is 40.0. The fraction of sp³-hybridized carbons (Fsp3) is 0.465. The highest BCUT2D eigenvalue weighted by Gasteiger charge is 2.44. The highest BCUT2D eigenvalue weighted by Crippen LogP contribution is 2.46. The number of carboxylic acid groups (broad SMARTS) is 1. The van der Waals surface area contributed by atoms with Crippen molar-refractivity contribution in [3.63, 3.8) is 0 Å². The molecule has 0 radical (unpaired) electrons. The van der Waals surface area contributed by atoms with Crippen molar-refractivity contribution in [2.75, 3.05) is 25.1 Å². The van der Waals surface area contributed by atoms with Gasteiger partial charge in [-0.25, -0.2) is 9.37 Å². The summed E-state index contributed by atoms with van der Waals surface area (Å²) in [5, 5.41) is 25.8. The number of aliphatic hydroxyl groups excluding tert-OH is 1. The number of halogens is 3. The van der Waals surface area contributed by atoms with Gasteiger partial charge in [0.2, 0.25) is 0 Å². The van der Waals surface area contributed by atoms with Gasteiger partial charge in [-0.15, -0.1) is 0 Å². The smallest absolute Gasteiger partial charge is 0.323 e. The summed E-state index contributed by atoms with van der Waals surface area (Å²) in [4.78, 5) is 32.5. The number of fused-ring (bicyclic) bond motifs is 2. The fourth-order valence-corrected chi connectivity index (χ4v) is 9.01. The number of nitrogens with zero attached hydrogens (tertiary/aromatic N) is 3. The molecule has 2 saturated carbocycles. The van der Waals surface area contributed by atoms with Gasteiger partial charge >= 0.3 is 5.97 Å². The number of anilines is 1. The third-order valence-corrected chi connectivity index (χ3v) is 13.3. The van der Waals surface area contributed by atoms with E-state index in [0.717, 1.165) is 72.3 Å². The molecule has 14 heteroatoms. The maximum atomic E-state index is 16.2. The van der Waals surface area contributed by atoms with E-state index in [1.807, 2.05) is 48.9 Å². The predicted octanol–water partition coefficient (Wildman–Crippen LogP) is 7.87. The van der Waals surface area contributed by atoms with Crippen LogP contribution in [0.4, 0.5) is 10.1 Å². The summed E-state index contributed by atoms with van der Waals surface area (Å²) in [7, 11) is 1.85. The number of nitrogens with one attached hydrogen (secondary N) is 2. The fourth-order valence-electron chi connectivity index (χ4n) is 8.52. The van der Waals surface area contributed by atoms with Crippen molar-refractivity contribution in [3.05, 3.63) is 92.2 Å². The first kappa shape index (κ1) is 39.6. The summed E-state index contributed by atoms with van der Waals surface area (Å²) in [5.41, 5.74) is 5.00. The largest absolute Gasteiger partial charge is 0.493 e. The van der Waals surface area contributed by atoms with Gasteiger partial charge in [0.25, 0.3) is 5.91 Å². The van der Waals surface area contributed by atoms with Crippen LogP contribution in [0.1, 0.15) is 96.7 Å². The van der Waals surface area contributed by atoms with Gasteiger partial charge in [-0.05, 0) is 80.5 Å². The Balaban J connectivity index is 1.02. The molecule has 0 spiro atoms. The molecule has 0 bridgehead atoms. The molecule has 2 atom stereocenters. The van der Waals surface area contributed by atoms with Crippen molar-refractivity contribution in [1.29, 1.82) is 0 Å². The van der Waals surface area contributed by atoms with E-state index in [2.05, 4.69) is 15.5 Å². The minimum Gasteiger partial charge on any atom is -0.493 e. The lowest BCUT2D eigenvalue weighted by atomic mass is 9.76. The van der Waals surface area contributed by atoms with E-state index in [1.54, 1.807) is 12.1 Å². The molecule has 57 heavy (non-hydrogen) atoms. The average molecular weight is 821 g/mol. The standard InChI is InChI=1S/C43H48Cl2FN5O6/c1-24(22-52)51-18-15-33-32(21-51)48-40(50(33)2)41(53)49-31-12-5-11-29(37(31)44)26-9-4-10-28-27(26)13-14-34(28)57-36-19-35(56-23-25-7-3-8-25)30(39(46)38(36)45)20-47-43(42(54)55)16-6-17-43/h4-5,9-12,19,24-25,34,47,52H,3,6-8,13-18,20-23H2,1-2H3,(H,49,53)(H,54,55). The number of ether oxygens (including phenoxy) is 2. The van der Waals surface area contributed by atoms with E-state index in [-0.39, 0.29) is 41.4 Å². The number of benzene rings is 3. The normalized spacial score (nSPS) is 19.2. The van der Waals surface area contributed by atoms with E-state index < -0.39 is 23.4 Å². The van der Waals surface area contributed by atoms with Crippen molar-refractivity contribution in [1.82, 2.24) is 19.8 Å². The number of aromatic nitrogens is 2. The molecule has 2 unspecified atom stereocenters. The number of carboxylic acids is 1. The number of hydrogen-bond donors (Lipinski definition) is 4. The number of carbonyl (C=O) groups excluding carboxylic acids is 1. The number of amides is 1. The first-order chi connectivity index (χ1) is 27.5. The minimum absolute atomic E-state index is 0.00167. The predicted molar refractivity (Wildman–Crippen MR) is 216 cm³/mol. The second-order valence-electron chi connectivity index (χ2n) is 16.0. The van der Waals surface area contributed by atoms with Crippen molar-refractivity contribution < 1.29 is 33.7 Å². The number of carbonyl (C=O) groups is 2. The zero-order valence-corrected chi connectivity index (χ0v) is 33.7. The topological polar surface area (TPSA) is 138 Å². The molecular weight excluding hydrogens is 772 g/mol. The quantitative estimate of drug-likeness (QED) is 0.100. The first-order valence-electron chi connectivity index (χ1n) is 19.9. The Kier molecular flexibility index (Phi) is 11.3. The molecule has 8 rings (SSSR count). The van der Waals surface area contributed by atoms with E-state index in [9.17, 15) is 19.8 Å². The minimum atomic E-state index is -1.08. The van der Waals surface area contributed by atoms with Gasteiger partial charge in [-0.1, -0.05) is 60.0 Å². The van der Waals surface area contributed by atoms with Crippen LogP contribution < -0.4 is 20.1 Å². The molecule has 302 valence electrons. The Morgan fingerprint density at radius 3 is 2.53 bits per heavy atom. The SMILES string of the molecule is CC(CO)N1CCc2c(nc(C(=O)Nc3cccc(-c4cccc5c4CCC5Oc4cc(OCC5CCC5)c(CNC5(C(=O)O)CCC5)c(F)c4Cl)c3Cl)n2C)C1. The van der Waals surface area contributed by atoms with Crippen LogP contribution in [0.15, 0.2) is 42.5 Å². The number of aliphatic hydroxyl groups is 1. The summed E-state index contributed by atoms with van der Waals surface area (Å²) in [6.45, 7) is 3.75. The molecule has 4 N–H and O–H groups in total. The van der Waals surface area contributed by atoms with Crippen LogP contribution in [-0.4, -0.2) is 67.9 Å². The van der Waals surface area contributed by atoms with Crippen LogP contribution in [0.3, 0.4) is 0 Å². The molecule has 1 aromatic heterocycles. The number of hydrogen-bond acceptors (Lipinski definition) is 8. The molecule has 2 heterocycles. The highest BCUT2D eigenvalue weighted by molar-refractivity contribution is 6.36. The van der Waals surface area contributed by atoms with E-state index in [1.165, 1.54) is 0 Å². The van der Waals surface area contributed by atoms with E-state index in [0.29, 0.717) is 67.0 Å². The van der Waals surface area contributed by atoms with Crippen LogP contribution >= 0.6 is 23.2 Å².